The van der Waals surface area contributed by atoms with E-state index in [1.54, 1.807) is 0 Å². The molecule has 42 heavy (non-hydrogen) atoms. The number of phosphoric acid groups is 1. The number of hydrogen-bond acceptors (Lipinski definition) is 12. The fourth-order valence-electron chi connectivity index (χ4n) is 3.97. The molecule has 8 atom stereocenters. The van der Waals surface area contributed by atoms with Gasteiger partial charge in [0.15, 0.2) is 0 Å². The largest absolute Gasteiger partial charge is 0.756 e. The zero-order valence-corrected chi connectivity index (χ0v) is 25.1. The molecule has 0 aromatic carbocycles. The number of esters is 1. The fourth-order valence-corrected chi connectivity index (χ4v) is 4.93. The minimum Gasteiger partial charge on any atom is -0.756 e. The highest BCUT2D eigenvalue weighted by Gasteiger charge is 2.50. The lowest BCUT2D eigenvalue weighted by molar-refractivity contribution is -0.261. The van der Waals surface area contributed by atoms with E-state index in [2.05, 4.69) is 52.4 Å². The number of hydrogen-bond donors (Lipinski definition) is 6. The molecule has 0 amide bonds. The SMILES string of the molecule is CCCCC/C=C\C/C=C\C/C=C\C/C=C\CCCC(=O)O[C@H](CO)COP(=O)([O-])OC1[C@H](O)[C@H](O)C(O)[C@H](O)[C@H]1O. The van der Waals surface area contributed by atoms with Crippen molar-refractivity contribution < 1.29 is 58.7 Å². The first-order chi connectivity index (χ1) is 20.0. The summed E-state index contributed by atoms with van der Waals surface area (Å²) >= 11 is 0. The van der Waals surface area contributed by atoms with Crippen LogP contribution in [0.15, 0.2) is 48.6 Å². The van der Waals surface area contributed by atoms with Gasteiger partial charge in [0.25, 0.3) is 7.82 Å². The van der Waals surface area contributed by atoms with E-state index in [0.717, 1.165) is 25.7 Å². The lowest BCUT2D eigenvalue weighted by Crippen LogP contribution is -2.64. The second kappa shape index (κ2) is 21.9. The summed E-state index contributed by atoms with van der Waals surface area (Å²) < 4.78 is 26.3. The normalized spacial score (nSPS) is 27.3. The van der Waals surface area contributed by atoms with E-state index < -0.39 is 69.7 Å². The van der Waals surface area contributed by atoms with E-state index in [0.29, 0.717) is 12.8 Å². The van der Waals surface area contributed by atoms with E-state index >= 15 is 0 Å². The summed E-state index contributed by atoms with van der Waals surface area (Å²) in [5, 5.41) is 58.1. The Morgan fingerprint density at radius 2 is 1.26 bits per heavy atom. The van der Waals surface area contributed by atoms with Gasteiger partial charge in [-0.15, -0.1) is 0 Å². The average molecular weight is 620 g/mol. The minimum absolute atomic E-state index is 0.0264. The Hall–Kier alpha value is -1.70. The van der Waals surface area contributed by atoms with Crippen LogP contribution in [0.25, 0.3) is 0 Å². The number of rotatable bonds is 21. The maximum absolute atomic E-state index is 12.1. The van der Waals surface area contributed by atoms with Gasteiger partial charge in [0, 0.05) is 6.42 Å². The van der Waals surface area contributed by atoms with Crippen molar-refractivity contribution in [3.63, 3.8) is 0 Å². The van der Waals surface area contributed by atoms with Crippen LogP contribution in [0, 0.1) is 0 Å². The van der Waals surface area contributed by atoms with E-state index in [9.17, 15) is 44.9 Å². The maximum Gasteiger partial charge on any atom is 0.306 e. The van der Waals surface area contributed by atoms with Crippen molar-refractivity contribution >= 4 is 13.8 Å². The van der Waals surface area contributed by atoms with Crippen molar-refractivity contribution in [2.75, 3.05) is 13.2 Å². The Labute approximate surface area is 248 Å². The standard InChI is InChI=1S/C29H49O12P/c1-2-3-4-5-6-7-8-9-10-11-12-13-14-15-16-17-18-19-23(31)40-22(20-30)21-39-42(37,38)41-29-27(35)25(33)24(32)26(34)28(29)36/h6-7,9-10,12-13,15-16,22,24-30,32-36H,2-5,8,11,14,17-21H2,1H3,(H,37,38)/p-1/b7-6-,10-9-,13-12-,16-15-/t22-,24?,25-,26+,27-,28-,29?/m1/s1. The van der Waals surface area contributed by atoms with Gasteiger partial charge in [-0.1, -0.05) is 68.4 Å². The predicted molar refractivity (Wildman–Crippen MR) is 154 cm³/mol. The molecule has 1 aliphatic carbocycles. The molecule has 242 valence electrons. The summed E-state index contributed by atoms with van der Waals surface area (Å²) in [4.78, 5) is 24.2. The molecular formula is C29H48O12P-. The van der Waals surface area contributed by atoms with Gasteiger partial charge in [0.05, 0.1) is 13.2 Å². The molecule has 0 aliphatic heterocycles. The summed E-state index contributed by atoms with van der Waals surface area (Å²) in [6.45, 7) is 0.637. The van der Waals surface area contributed by atoms with Crippen LogP contribution in [0.1, 0.15) is 71.1 Å². The monoisotopic (exact) mass is 619 g/mol. The Kier molecular flexibility index (Phi) is 20.0. The van der Waals surface area contributed by atoms with Crippen LogP contribution < -0.4 is 4.89 Å². The van der Waals surface area contributed by atoms with Gasteiger partial charge in [-0.05, 0) is 44.9 Å². The van der Waals surface area contributed by atoms with Gasteiger partial charge in [-0.3, -0.25) is 9.36 Å². The molecule has 0 aromatic heterocycles. The number of allylic oxidation sites excluding steroid dienone is 8. The molecule has 1 fully saturated rings. The molecular weight excluding hydrogens is 571 g/mol. The zero-order chi connectivity index (χ0) is 31.4. The number of aliphatic hydroxyl groups is 6. The van der Waals surface area contributed by atoms with Gasteiger partial charge >= 0.3 is 5.97 Å². The Morgan fingerprint density at radius 3 is 1.76 bits per heavy atom. The second-order valence-electron chi connectivity index (χ2n) is 10.0. The number of ether oxygens (including phenoxy) is 1. The Bertz CT molecular complexity index is 889. The summed E-state index contributed by atoms with van der Waals surface area (Å²) in [5.74, 6) is -0.673. The van der Waals surface area contributed by atoms with Crippen LogP contribution in [0.3, 0.4) is 0 Å². The topological polar surface area (TPSA) is 206 Å². The number of unbranched alkanes of at least 4 members (excludes halogenated alkanes) is 4. The van der Waals surface area contributed by atoms with Gasteiger partial charge < -0.3 is 49.3 Å². The van der Waals surface area contributed by atoms with Crippen LogP contribution in [-0.2, 0) is 23.1 Å². The molecule has 0 radical (unpaired) electrons. The van der Waals surface area contributed by atoms with Gasteiger partial charge in [0.1, 0.15) is 42.7 Å². The highest BCUT2D eigenvalue weighted by molar-refractivity contribution is 7.45. The molecule has 1 aliphatic rings. The summed E-state index contributed by atoms with van der Waals surface area (Å²) in [7, 11) is -5.27. The van der Waals surface area contributed by atoms with E-state index in [1.807, 2.05) is 12.2 Å². The maximum atomic E-state index is 12.1. The fraction of sp³-hybridized carbons (Fsp3) is 0.690. The predicted octanol–water partition coefficient (Wildman–Crippen LogP) is 1.72. The van der Waals surface area contributed by atoms with Crippen LogP contribution in [0.4, 0.5) is 0 Å². The minimum atomic E-state index is -5.27. The average Bonchev–Trinajstić information content (AvgIpc) is 2.97. The Balaban J connectivity index is 2.25. The molecule has 1 saturated carbocycles. The molecule has 0 spiro atoms. The lowest BCUT2D eigenvalue weighted by atomic mass is 9.85. The number of phosphoric ester groups is 1. The van der Waals surface area contributed by atoms with E-state index in [4.69, 9.17) is 4.74 Å². The van der Waals surface area contributed by atoms with Crippen LogP contribution >= 0.6 is 7.82 Å². The third kappa shape index (κ3) is 15.7. The smallest absolute Gasteiger partial charge is 0.306 e. The van der Waals surface area contributed by atoms with Crippen molar-refractivity contribution in [1.82, 2.24) is 0 Å². The van der Waals surface area contributed by atoms with Crippen molar-refractivity contribution in [1.29, 1.82) is 0 Å². The molecule has 0 bridgehead atoms. The summed E-state index contributed by atoms with van der Waals surface area (Å²) in [6, 6.07) is 0. The molecule has 6 N–H and O–H groups in total. The van der Waals surface area contributed by atoms with Crippen LogP contribution in [0.5, 0.6) is 0 Å². The van der Waals surface area contributed by atoms with Crippen molar-refractivity contribution in [3.05, 3.63) is 48.6 Å². The van der Waals surface area contributed by atoms with Crippen molar-refractivity contribution in [2.24, 2.45) is 0 Å². The molecule has 13 heteroatoms. The number of aliphatic hydroxyl groups excluding tert-OH is 6. The van der Waals surface area contributed by atoms with Gasteiger partial charge in [0.2, 0.25) is 0 Å². The zero-order valence-electron chi connectivity index (χ0n) is 24.2. The highest BCUT2D eigenvalue weighted by atomic mass is 31.2. The highest BCUT2D eigenvalue weighted by Crippen LogP contribution is 2.43. The van der Waals surface area contributed by atoms with Gasteiger partial charge in [-0.25, -0.2) is 0 Å². The summed E-state index contributed by atoms with van der Waals surface area (Å²) in [5.41, 5.74) is 0. The molecule has 1 rings (SSSR count). The molecule has 0 saturated heterocycles. The second-order valence-corrected chi connectivity index (χ2v) is 11.4. The van der Waals surface area contributed by atoms with Gasteiger partial charge in [-0.2, -0.15) is 0 Å². The molecule has 12 nitrogen and oxygen atoms in total. The third-order valence-corrected chi connectivity index (χ3v) is 7.42. The quantitative estimate of drug-likeness (QED) is 0.0470. The number of carbonyl (C=O) groups is 1. The van der Waals surface area contributed by atoms with E-state index in [-0.39, 0.29) is 6.42 Å². The molecule has 3 unspecified atom stereocenters. The summed E-state index contributed by atoms with van der Waals surface area (Å²) in [6.07, 6.45) is 12.0. The third-order valence-electron chi connectivity index (χ3n) is 6.45. The first-order valence-corrected chi connectivity index (χ1v) is 15.9. The Morgan fingerprint density at radius 1 is 0.786 bits per heavy atom. The lowest BCUT2D eigenvalue weighted by Gasteiger charge is -2.43. The number of carbonyl (C=O) groups excluding carboxylic acids is 1. The van der Waals surface area contributed by atoms with Crippen molar-refractivity contribution in [3.8, 4) is 0 Å². The van der Waals surface area contributed by atoms with Crippen molar-refractivity contribution in [2.45, 2.75) is 114 Å². The van der Waals surface area contributed by atoms with Crippen LogP contribution in [0.2, 0.25) is 0 Å². The first-order valence-electron chi connectivity index (χ1n) is 14.5. The van der Waals surface area contributed by atoms with E-state index in [1.165, 1.54) is 19.3 Å². The van der Waals surface area contributed by atoms with Crippen LogP contribution in [-0.4, -0.2) is 92.5 Å². The molecule has 0 aromatic rings. The first kappa shape index (κ1) is 38.3. The molecule has 0 heterocycles.